The molecule has 1 unspecified atom stereocenters. The molecule has 38 heavy (non-hydrogen) atoms. The molecule has 0 spiro atoms. The standard InChI is InChI=1S/C28H32ClN3O5S/c1-35-14-5-12-31(28(34)30-21-7-3-6-20(29)16-21)18-27(33)32-13-10-26-24(11-15-38-26)25(32)19-37-23-9-4-8-22(17-23)36-2/h3-4,6-9,11,15-17,25H,5,10,12-14,18-19H2,1-2H3,(H,30,34). The predicted molar refractivity (Wildman–Crippen MR) is 150 cm³/mol. The van der Waals surface area contributed by atoms with Crippen molar-refractivity contribution in [1.82, 2.24) is 9.80 Å². The van der Waals surface area contributed by atoms with E-state index in [0.717, 1.165) is 12.0 Å². The number of rotatable bonds is 11. The van der Waals surface area contributed by atoms with Gasteiger partial charge in [-0.25, -0.2) is 4.79 Å². The van der Waals surface area contributed by atoms with Gasteiger partial charge >= 0.3 is 6.03 Å². The monoisotopic (exact) mass is 557 g/mol. The molecular weight excluding hydrogens is 526 g/mol. The minimum atomic E-state index is -0.367. The molecule has 0 bridgehead atoms. The number of hydrogen-bond acceptors (Lipinski definition) is 6. The zero-order chi connectivity index (χ0) is 26.9. The Bertz CT molecular complexity index is 1240. The van der Waals surface area contributed by atoms with Gasteiger partial charge in [-0.1, -0.05) is 23.7 Å². The highest BCUT2D eigenvalue weighted by Gasteiger charge is 2.33. The van der Waals surface area contributed by atoms with Gasteiger partial charge in [-0.15, -0.1) is 11.3 Å². The number of hydrogen-bond donors (Lipinski definition) is 1. The normalized spacial score (nSPS) is 14.5. The van der Waals surface area contributed by atoms with Gasteiger partial charge in [-0.3, -0.25) is 4.79 Å². The summed E-state index contributed by atoms with van der Waals surface area (Å²) in [6.45, 7) is 1.63. The van der Waals surface area contributed by atoms with Crippen molar-refractivity contribution in [3.8, 4) is 11.5 Å². The minimum Gasteiger partial charge on any atom is -0.497 e. The number of amides is 3. The second kappa shape index (κ2) is 13.5. The van der Waals surface area contributed by atoms with E-state index in [1.54, 1.807) is 49.8 Å². The van der Waals surface area contributed by atoms with Gasteiger partial charge in [0.2, 0.25) is 5.91 Å². The summed E-state index contributed by atoms with van der Waals surface area (Å²) in [5, 5.41) is 5.42. The number of fused-ring (bicyclic) bond motifs is 1. The number of benzene rings is 2. The zero-order valence-corrected chi connectivity index (χ0v) is 23.1. The highest BCUT2D eigenvalue weighted by molar-refractivity contribution is 7.10. The van der Waals surface area contributed by atoms with E-state index in [0.29, 0.717) is 54.9 Å². The van der Waals surface area contributed by atoms with Crippen LogP contribution in [-0.2, 0) is 16.0 Å². The maximum atomic E-state index is 13.7. The van der Waals surface area contributed by atoms with Crippen molar-refractivity contribution in [2.24, 2.45) is 0 Å². The van der Waals surface area contributed by atoms with Gasteiger partial charge in [0.05, 0.1) is 13.2 Å². The summed E-state index contributed by atoms with van der Waals surface area (Å²) in [4.78, 5) is 31.5. The zero-order valence-electron chi connectivity index (χ0n) is 21.5. The predicted octanol–water partition coefficient (Wildman–Crippen LogP) is 5.49. The average molecular weight is 558 g/mol. The van der Waals surface area contributed by atoms with Gasteiger partial charge in [0, 0.05) is 48.5 Å². The van der Waals surface area contributed by atoms with Gasteiger partial charge in [0.25, 0.3) is 0 Å². The minimum absolute atomic E-state index is 0.0642. The molecule has 1 N–H and O–H groups in total. The van der Waals surface area contributed by atoms with Crippen LogP contribution < -0.4 is 14.8 Å². The maximum absolute atomic E-state index is 13.7. The number of carbonyl (C=O) groups is 2. The first-order chi connectivity index (χ1) is 18.5. The Morgan fingerprint density at radius 3 is 2.74 bits per heavy atom. The van der Waals surface area contributed by atoms with E-state index in [1.165, 1.54) is 9.78 Å². The first-order valence-corrected chi connectivity index (χ1v) is 13.7. The lowest BCUT2D eigenvalue weighted by atomic mass is 10.0. The van der Waals surface area contributed by atoms with E-state index in [1.807, 2.05) is 34.5 Å². The van der Waals surface area contributed by atoms with Crippen LogP contribution in [-0.4, -0.2) is 68.8 Å². The second-order valence-electron chi connectivity index (χ2n) is 8.85. The lowest BCUT2D eigenvalue weighted by Crippen LogP contribution is -2.49. The van der Waals surface area contributed by atoms with Crippen molar-refractivity contribution >= 4 is 40.6 Å². The fraction of sp³-hybridized carbons (Fsp3) is 0.357. The number of nitrogens with one attached hydrogen (secondary N) is 1. The molecule has 1 aliphatic heterocycles. The Morgan fingerprint density at radius 2 is 1.95 bits per heavy atom. The summed E-state index contributed by atoms with van der Waals surface area (Å²) in [6, 6.07) is 15.8. The molecule has 2 heterocycles. The number of urea groups is 1. The highest BCUT2D eigenvalue weighted by Crippen LogP contribution is 2.34. The Labute approximate surface area is 232 Å². The third kappa shape index (κ3) is 7.18. The number of thiophene rings is 1. The summed E-state index contributed by atoms with van der Waals surface area (Å²) in [5.41, 5.74) is 1.66. The van der Waals surface area contributed by atoms with Crippen molar-refractivity contribution < 1.29 is 23.8 Å². The molecule has 0 saturated heterocycles. The number of nitrogens with zero attached hydrogens (tertiary/aromatic N) is 2. The fourth-order valence-corrected chi connectivity index (χ4v) is 5.53. The van der Waals surface area contributed by atoms with Crippen molar-refractivity contribution in [2.75, 3.05) is 52.4 Å². The summed E-state index contributed by atoms with van der Waals surface area (Å²) in [7, 11) is 3.22. The van der Waals surface area contributed by atoms with Crippen LogP contribution in [0.4, 0.5) is 10.5 Å². The smallest absolute Gasteiger partial charge is 0.322 e. The maximum Gasteiger partial charge on any atom is 0.322 e. The van der Waals surface area contributed by atoms with Gasteiger partial charge in [-0.05, 0) is 60.2 Å². The van der Waals surface area contributed by atoms with Crippen LogP contribution in [0.25, 0.3) is 0 Å². The highest BCUT2D eigenvalue weighted by atomic mass is 35.5. The number of methoxy groups -OCH3 is 2. The SMILES string of the molecule is COCCCN(CC(=O)N1CCc2sccc2C1COc1cccc(OC)c1)C(=O)Nc1cccc(Cl)c1. The summed E-state index contributed by atoms with van der Waals surface area (Å²) in [6.07, 6.45) is 1.37. The molecule has 10 heteroatoms. The molecule has 202 valence electrons. The van der Waals surface area contributed by atoms with Gasteiger partial charge in [-0.2, -0.15) is 0 Å². The molecule has 0 radical (unpaired) electrons. The molecule has 4 rings (SSSR count). The molecule has 2 aromatic carbocycles. The Hall–Kier alpha value is -3.27. The summed E-state index contributed by atoms with van der Waals surface area (Å²) < 4.78 is 16.6. The third-order valence-electron chi connectivity index (χ3n) is 6.33. The first-order valence-electron chi connectivity index (χ1n) is 12.4. The molecule has 0 fully saturated rings. The van der Waals surface area contributed by atoms with Crippen LogP contribution >= 0.6 is 22.9 Å². The van der Waals surface area contributed by atoms with Crippen molar-refractivity contribution in [3.05, 3.63) is 75.4 Å². The average Bonchev–Trinajstić information content (AvgIpc) is 3.40. The molecule has 0 aliphatic carbocycles. The molecule has 1 aromatic heterocycles. The van der Waals surface area contributed by atoms with E-state index in [9.17, 15) is 9.59 Å². The van der Waals surface area contributed by atoms with Gasteiger partial charge in [0.15, 0.2) is 0 Å². The number of anilines is 1. The fourth-order valence-electron chi connectivity index (χ4n) is 4.42. The van der Waals surface area contributed by atoms with E-state index in [4.69, 9.17) is 25.8 Å². The quantitative estimate of drug-likeness (QED) is 0.316. The van der Waals surface area contributed by atoms with E-state index in [-0.39, 0.29) is 24.5 Å². The molecule has 3 aromatic rings. The molecule has 0 saturated carbocycles. The Kier molecular flexibility index (Phi) is 9.86. The van der Waals surface area contributed by atoms with Crippen LogP contribution in [0.15, 0.2) is 60.0 Å². The van der Waals surface area contributed by atoms with E-state index < -0.39 is 0 Å². The Balaban J connectivity index is 1.49. The van der Waals surface area contributed by atoms with Crippen molar-refractivity contribution in [2.45, 2.75) is 18.9 Å². The lowest BCUT2D eigenvalue weighted by Gasteiger charge is -2.37. The molecule has 8 nitrogen and oxygen atoms in total. The van der Waals surface area contributed by atoms with E-state index >= 15 is 0 Å². The van der Waals surface area contributed by atoms with Crippen molar-refractivity contribution in [3.63, 3.8) is 0 Å². The topological polar surface area (TPSA) is 80.3 Å². The summed E-state index contributed by atoms with van der Waals surface area (Å²) >= 11 is 7.77. The number of carbonyl (C=O) groups excluding carboxylic acids is 2. The Morgan fingerprint density at radius 1 is 1.13 bits per heavy atom. The number of ether oxygens (including phenoxy) is 3. The number of halogens is 1. The van der Waals surface area contributed by atoms with Crippen LogP contribution in [0.3, 0.4) is 0 Å². The van der Waals surface area contributed by atoms with Crippen LogP contribution in [0, 0.1) is 0 Å². The molecule has 1 aliphatic rings. The van der Waals surface area contributed by atoms with Gasteiger partial charge in [0.1, 0.15) is 24.7 Å². The second-order valence-corrected chi connectivity index (χ2v) is 10.3. The molecule has 1 atom stereocenters. The third-order valence-corrected chi connectivity index (χ3v) is 7.56. The van der Waals surface area contributed by atoms with Crippen molar-refractivity contribution in [1.29, 1.82) is 0 Å². The molecular formula is C28H32ClN3O5S. The summed E-state index contributed by atoms with van der Waals surface area (Å²) in [5.74, 6) is 1.23. The van der Waals surface area contributed by atoms with Crippen LogP contribution in [0.1, 0.15) is 22.9 Å². The van der Waals surface area contributed by atoms with Gasteiger partial charge < -0.3 is 29.3 Å². The lowest BCUT2D eigenvalue weighted by molar-refractivity contribution is -0.135. The largest absolute Gasteiger partial charge is 0.497 e. The van der Waals surface area contributed by atoms with Crippen LogP contribution in [0.2, 0.25) is 5.02 Å². The molecule has 3 amide bonds. The first kappa shape index (κ1) is 27.8. The van der Waals surface area contributed by atoms with Crippen LogP contribution in [0.5, 0.6) is 11.5 Å². The van der Waals surface area contributed by atoms with E-state index in [2.05, 4.69) is 11.4 Å².